The standard InChI is InChI=1S/C50H77BN4O9S.C47H87BN4O9S.2CH4/c1-8-9-14-35-17-19-36(20-18-35)37-21-23-40(24-22-37)65(61,62)31-38(15-10-12-25-52)48(60)55-46(34(4)56)43(58)27-32(2)47(59)54-41(16-11-13-26-53)42(57)28-33(3)51-63-45-30-39-29-44(49(39,5)6)50(45,7)64-51;1-8-9-10-11-12-13-14-15-16-17-22-27-62(58,59)32-36(23-18-20-25-49)45(57)52-43(35(4)53)40(55)28-33(2)44(56)51-38(24-19-21-26-50)39(54)29-34(3)48-60-42-31-37-30-41(46(37,5)6)47(42,7)61-48;;/h17-24,32-34,38-39,41,44-46,56H,8-16,25-31,52-53H2,1-7H3,(H,54,59)(H,55,60);33-38,41-43,53H,8-32,49-50H2,1-7H3,(H,51,56)(H,52,57);2*1H4/t32-,33-,34-,38-,39+,41+,44+,45-,46+,50+;33-,34-,35-,36-,37+,38+,41+,42-,43+,47+;;/m11../s1. The first-order valence-electron chi connectivity index (χ1n) is 48.8. The molecule has 30 heteroatoms. The van der Waals surface area contributed by atoms with E-state index in [0.717, 1.165) is 81.8 Å². The summed E-state index contributed by atoms with van der Waals surface area (Å²) >= 11 is 0. The summed E-state index contributed by atoms with van der Waals surface area (Å²) in [5.74, 6) is -6.91. The number of nitrogens with one attached hydrogen (secondary N) is 4. The van der Waals surface area contributed by atoms with Crippen molar-refractivity contribution in [3.8, 4) is 11.1 Å². The van der Waals surface area contributed by atoms with E-state index in [4.69, 9.17) is 41.6 Å². The molecule has 0 spiro atoms. The lowest BCUT2D eigenvalue weighted by Gasteiger charge is -2.64. The minimum atomic E-state index is -3.96. The normalized spacial score (nSPS) is 23.8. The van der Waals surface area contributed by atoms with Crippen LogP contribution in [0.2, 0.25) is 11.6 Å². The summed E-state index contributed by atoms with van der Waals surface area (Å²) in [6.07, 6.45) is 22.5. The molecular formula is C99H172B2N8O18S2. The molecule has 129 heavy (non-hydrogen) atoms. The molecule has 4 amide bonds. The molecule has 6 saturated carbocycles. The number of ketones is 4. The number of aliphatic hydroxyl groups excluding tert-OH is 2. The van der Waals surface area contributed by atoms with Gasteiger partial charge < -0.3 is 73.0 Å². The van der Waals surface area contributed by atoms with E-state index in [1.165, 1.54) is 57.9 Å². The highest BCUT2D eigenvalue weighted by Gasteiger charge is 2.70. The Morgan fingerprint density at radius 1 is 0.434 bits per heavy atom. The SMILES string of the molecule is C.C.CCCCCCCCCCCCCS(=O)(=O)C[C@@H](CCCCN)C(=O)N[C@H](C(=O)C[C@@H](C)C(=O)N[C@@H](CCCCN)C(=O)C[C@@H](C)B1O[C@@H]2C[C@@H]3C[C@@H](C3(C)C)[C@]2(C)O1)[C@@H](C)O.CCCCc1ccc(-c2ccc(S(=O)(=O)C[C@@H](CCCCN)C(=O)N[C@H](C(=O)C[C@@H](C)C(=O)N[C@@H](CCCCN)C(=O)C[C@@H](C)B3O[C@@H]4C[C@@H]5C[C@@H](C5(C)C)[C@]4(C)O3)[C@@H](C)O)cc2)cc1. The van der Waals surface area contributed by atoms with Crippen LogP contribution in [0.3, 0.4) is 0 Å². The zero-order chi connectivity index (χ0) is 93.8. The molecule has 4 bridgehead atoms. The van der Waals surface area contributed by atoms with Crippen LogP contribution >= 0.6 is 0 Å². The fraction of sp³-hybridized carbons (Fsp3) is 0.798. The molecule has 0 unspecified atom stereocenters. The van der Waals surface area contributed by atoms with Gasteiger partial charge in [-0.05, 0) is 238 Å². The number of Topliss-reactive ketones (excluding diaryl/α,β-unsaturated/α-hetero) is 4. The van der Waals surface area contributed by atoms with Gasteiger partial charge in [0.05, 0.1) is 81.7 Å². The van der Waals surface area contributed by atoms with Gasteiger partial charge in [0.25, 0.3) is 0 Å². The van der Waals surface area contributed by atoms with Gasteiger partial charge in [-0.15, -0.1) is 0 Å². The van der Waals surface area contributed by atoms with E-state index in [9.17, 15) is 65.4 Å². The summed E-state index contributed by atoms with van der Waals surface area (Å²) in [6, 6.07) is 10.5. The molecule has 2 aliphatic heterocycles. The zero-order valence-electron chi connectivity index (χ0n) is 79.7. The maximum Gasteiger partial charge on any atom is 0.461 e. The minimum Gasteiger partial charge on any atom is -0.405 e. The predicted molar refractivity (Wildman–Crippen MR) is 517 cm³/mol. The first-order chi connectivity index (χ1) is 60.1. The number of hydrogen-bond donors (Lipinski definition) is 10. The van der Waals surface area contributed by atoms with Crippen LogP contribution in [0, 0.1) is 58.2 Å². The number of carbonyl (C=O) groups excluding carboxylic acids is 8. The molecule has 8 fully saturated rings. The van der Waals surface area contributed by atoms with Crippen LogP contribution < -0.4 is 44.2 Å². The molecule has 0 radical (unpaired) electrons. The van der Waals surface area contributed by atoms with Crippen LogP contribution in [-0.4, -0.2) is 191 Å². The average Bonchev–Trinajstić information content (AvgIpc) is 1.61. The van der Waals surface area contributed by atoms with E-state index in [-0.39, 0.29) is 116 Å². The second-order valence-electron chi connectivity index (χ2n) is 40.5. The molecule has 2 heterocycles. The quantitative estimate of drug-likeness (QED) is 0.0217. The Hall–Kier alpha value is -5.37. The number of aryl methyl sites for hydroxylation is 1. The van der Waals surface area contributed by atoms with Crippen molar-refractivity contribution in [2.24, 2.45) is 81.1 Å². The van der Waals surface area contributed by atoms with E-state index in [0.29, 0.717) is 120 Å². The minimum absolute atomic E-state index is 0. The summed E-state index contributed by atoms with van der Waals surface area (Å²) in [5, 5.41) is 32.5. The lowest BCUT2D eigenvalue weighted by Crippen LogP contribution is -2.65. The van der Waals surface area contributed by atoms with Gasteiger partial charge in [0, 0.05) is 37.5 Å². The highest BCUT2D eigenvalue weighted by Crippen LogP contribution is 2.67. The number of rotatable bonds is 61. The van der Waals surface area contributed by atoms with E-state index in [2.05, 4.69) is 88.8 Å². The second-order valence-corrected chi connectivity index (χ2v) is 44.7. The lowest BCUT2D eigenvalue weighted by molar-refractivity contribution is -0.199. The number of hydrogen-bond acceptors (Lipinski definition) is 22. The number of amides is 4. The van der Waals surface area contributed by atoms with Gasteiger partial charge >= 0.3 is 14.2 Å². The molecule has 26 nitrogen and oxygen atoms in total. The molecule has 6 aliphatic carbocycles. The van der Waals surface area contributed by atoms with E-state index >= 15 is 0 Å². The highest BCUT2D eigenvalue weighted by molar-refractivity contribution is 7.91. The first-order valence-corrected chi connectivity index (χ1v) is 52.3. The van der Waals surface area contributed by atoms with Crippen LogP contribution in [0.1, 0.15) is 329 Å². The third-order valence-electron chi connectivity index (χ3n) is 29.4. The highest BCUT2D eigenvalue weighted by atomic mass is 32.2. The fourth-order valence-electron chi connectivity index (χ4n) is 20.7. The molecule has 0 aromatic heterocycles. The zero-order valence-corrected chi connectivity index (χ0v) is 81.3. The van der Waals surface area contributed by atoms with Gasteiger partial charge in [0.2, 0.25) is 23.6 Å². The smallest absolute Gasteiger partial charge is 0.405 e. The molecule has 734 valence electrons. The molecule has 2 aromatic carbocycles. The van der Waals surface area contributed by atoms with Crippen LogP contribution in [0.15, 0.2) is 53.4 Å². The number of aliphatic hydroxyl groups is 2. The largest absolute Gasteiger partial charge is 0.461 e. The van der Waals surface area contributed by atoms with E-state index < -0.39 is 146 Å². The van der Waals surface area contributed by atoms with Crippen LogP contribution in [0.25, 0.3) is 11.1 Å². The van der Waals surface area contributed by atoms with Gasteiger partial charge in [0.15, 0.2) is 42.8 Å². The number of benzene rings is 2. The Labute approximate surface area is 777 Å². The summed E-state index contributed by atoms with van der Waals surface area (Å²) in [7, 11) is -8.59. The summed E-state index contributed by atoms with van der Waals surface area (Å²) in [5.41, 5.74) is 25.6. The average molecular weight is 1850 g/mol. The molecule has 8 aliphatic rings. The topological polar surface area (TPSA) is 434 Å². The van der Waals surface area contributed by atoms with Gasteiger partial charge in [-0.25, -0.2) is 16.8 Å². The lowest BCUT2D eigenvalue weighted by atomic mass is 9.43. The van der Waals surface area contributed by atoms with Gasteiger partial charge in [-0.2, -0.15) is 0 Å². The Morgan fingerprint density at radius 3 is 1.16 bits per heavy atom. The van der Waals surface area contributed by atoms with Crippen LogP contribution in [-0.2, 0) is 83.1 Å². The van der Waals surface area contributed by atoms with Crippen LogP contribution in [0.5, 0.6) is 0 Å². The molecule has 2 saturated heterocycles. The Morgan fingerprint density at radius 2 is 0.791 bits per heavy atom. The summed E-state index contributed by atoms with van der Waals surface area (Å²) in [4.78, 5) is 110. The number of carbonyl (C=O) groups is 8. The number of nitrogens with two attached hydrogens (primary N) is 4. The Bertz CT molecular complexity index is 4050. The van der Waals surface area contributed by atoms with Gasteiger partial charge in [-0.3, -0.25) is 38.4 Å². The molecule has 10 rings (SSSR count). The summed E-state index contributed by atoms with van der Waals surface area (Å²) in [6.45, 7) is 29.3. The van der Waals surface area contributed by atoms with Crippen molar-refractivity contribution in [1.29, 1.82) is 0 Å². The molecular weight excluding hydrogens is 1670 g/mol. The predicted octanol–water partition coefficient (Wildman–Crippen LogP) is 14.2. The van der Waals surface area contributed by atoms with Crippen LogP contribution in [0.4, 0.5) is 0 Å². The monoisotopic (exact) mass is 1850 g/mol. The van der Waals surface area contributed by atoms with E-state index in [1.807, 2.05) is 26.0 Å². The van der Waals surface area contributed by atoms with Crippen molar-refractivity contribution < 1.29 is 84.0 Å². The molecule has 20 atom stereocenters. The number of sulfone groups is 2. The third kappa shape index (κ3) is 32.4. The number of unbranched alkanes of at least 4 members (excludes halogenated alkanes) is 15. The van der Waals surface area contributed by atoms with Crippen molar-refractivity contribution in [2.75, 3.05) is 43.4 Å². The van der Waals surface area contributed by atoms with Crippen molar-refractivity contribution in [3.05, 3.63) is 54.1 Å². The fourth-order valence-corrected chi connectivity index (χ4v) is 24.0. The van der Waals surface area contributed by atoms with Crippen molar-refractivity contribution in [3.63, 3.8) is 0 Å². The summed E-state index contributed by atoms with van der Waals surface area (Å²) < 4.78 is 80.2. The first kappa shape index (κ1) is 114. The maximum absolute atomic E-state index is 13.9. The second kappa shape index (κ2) is 53.8. The van der Waals surface area contributed by atoms with Crippen molar-refractivity contribution in [2.45, 2.75) is 406 Å². The van der Waals surface area contributed by atoms with E-state index in [1.54, 1.807) is 38.1 Å². The molecule has 2 aromatic rings. The molecule has 14 N–H and O–H groups in total. The van der Waals surface area contributed by atoms with Crippen molar-refractivity contribution >= 4 is 80.7 Å². The maximum atomic E-state index is 13.9. The Kier molecular flexibility index (Phi) is 47.6. The van der Waals surface area contributed by atoms with Crippen molar-refractivity contribution in [1.82, 2.24) is 21.3 Å². The van der Waals surface area contributed by atoms with Gasteiger partial charge in [0.1, 0.15) is 12.1 Å². The third-order valence-corrected chi connectivity index (χ3v) is 33.0. The Balaban J connectivity index is 0.000000451. The van der Waals surface area contributed by atoms with Gasteiger partial charge in [-0.1, -0.05) is 204 Å².